The summed E-state index contributed by atoms with van der Waals surface area (Å²) in [6.45, 7) is 0. The Morgan fingerprint density at radius 3 is 2.50 bits per heavy atom. The van der Waals surface area contributed by atoms with Gasteiger partial charge in [0.2, 0.25) is 0 Å². The van der Waals surface area contributed by atoms with Crippen molar-refractivity contribution in [1.29, 1.82) is 0 Å². The van der Waals surface area contributed by atoms with E-state index in [9.17, 15) is 8.78 Å². The van der Waals surface area contributed by atoms with Crippen molar-refractivity contribution < 1.29 is 8.78 Å². The zero-order valence-electron chi connectivity index (χ0n) is 6.92. The summed E-state index contributed by atoms with van der Waals surface area (Å²) in [5, 5.41) is 1.54. The van der Waals surface area contributed by atoms with Gasteiger partial charge in [-0.1, -0.05) is 0 Å². The van der Waals surface area contributed by atoms with Crippen LogP contribution in [0.1, 0.15) is 0 Å². The fourth-order valence-electron chi connectivity index (χ4n) is 1.07. The number of benzene rings is 1. The minimum Gasteiger partial charge on any atom is -0.264 e. The van der Waals surface area contributed by atoms with Crippen LogP contribution in [0.25, 0.3) is 0 Å². The summed E-state index contributed by atoms with van der Waals surface area (Å²) in [7, 11) is 0. The summed E-state index contributed by atoms with van der Waals surface area (Å²) in [5.74, 6) is -1.72. The number of hydrazine groups is 2. The van der Waals surface area contributed by atoms with E-state index in [2.05, 4.69) is 21.7 Å². The van der Waals surface area contributed by atoms with Crippen LogP contribution in [0.2, 0.25) is 0 Å². The topological polar surface area (TPSA) is 18.5 Å². The Morgan fingerprint density at radius 2 is 1.93 bits per heavy atom. The van der Waals surface area contributed by atoms with E-state index in [-0.39, 0.29) is 0 Å². The van der Waals surface area contributed by atoms with E-state index < -0.39 is 11.6 Å². The Morgan fingerprint density at radius 1 is 1.14 bits per heavy atom. The van der Waals surface area contributed by atoms with Crippen LogP contribution in [0.3, 0.4) is 0 Å². The van der Waals surface area contributed by atoms with Gasteiger partial charge in [-0.25, -0.2) is 12.8 Å². The number of anilines is 1. The second-order valence-electron chi connectivity index (χ2n) is 2.68. The average Bonchev–Trinajstić information content (AvgIpc) is 2.57. The predicted molar refractivity (Wildman–Crippen MR) is 51.9 cm³/mol. The van der Waals surface area contributed by atoms with Gasteiger partial charge in [0, 0.05) is 18.5 Å². The van der Waals surface area contributed by atoms with Gasteiger partial charge in [0.1, 0.15) is 0 Å². The van der Waals surface area contributed by atoms with Gasteiger partial charge >= 0.3 is 0 Å². The smallest absolute Gasteiger partial charge is 0.160 e. The Kier molecular flexibility index (Phi) is 2.39. The van der Waals surface area contributed by atoms with E-state index in [4.69, 9.17) is 0 Å². The van der Waals surface area contributed by atoms with Gasteiger partial charge in [0.05, 0.1) is 21.8 Å². The fraction of sp³-hybridized carbons (Fsp3) is 0. The van der Waals surface area contributed by atoms with Crippen molar-refractivity contribution in [3.8, 4) is 0 Å². The highest BCUT2D eigenvalue weighted by atomic mass is 79.9. The molecule has 0 fully saturated rings. The van der Waals surface area contributed by atoms with E-state index in [1.54, 1.807) is 12.4 Å². The second-order valence-corrected chi connectivity index (χ2v) is 3.44. The molecule has 3 nitrogen and oxygen atoms in total. The van der Waals surface area contributed by atoms with E-state index in [0.717, 1.165) is 12.1 Å². The first-order valence-electron chi connectivity index (χ1n) is 3.81. The molecule has 0 saturated carbocycles. The number of hydrogen-bond donors (Lipinski definition) is 1. The van der Waals surface area contributed by atoms with Gasteiger partial charge in [-0.05, 0) is 12.1 Å². The maximum Gasteiger partial charge on any atom is 0.160 e. The lowest BCUT2D eigenvalue weighted by atomic mass is 10.3. The Hall–Kier alpha value is -1.14. The molecular weight excluding hydrogens is 256 g/mol. The van der Waals surface area contributed by atoms with Crippen LogP contribution in [0.4, 0.5) is 14.5 Å². The molecule has 1 aliphatic rings. The standard InChI is InChI=1S/C8H6BrF2N3/c9-14-4-3-13(12-14)6-1-2-7(10)8(11)5-6/h1-5,12H. The molecule has 0 aromatic heterocycles. The molecular formula is C8H6BrF2N3. The molecule has 0 spiro atoms. The number of halogens is 3. The summed E-state index contributed by atoms with van der Waals surface area (Å²) < 4.78 is 27.0. The zero-order chi connectivity index (χ0) is 10.1. The summed E-state index contributed by atoms with van der Waals surface area (Å²) in [4.78, 5) is 0. The van der Waals surface area contributed by atoms with Crippen LogP contribution in [-0.4, -0.2) is 4.03 Å². The molecule has 2 rings (SSSR count). The molecule has 0 bridgehead atoms. The lowest BCUT2D eigenvalue weighted by Crippen LogP contribution is -2.33. The number of hydrogen-bond acceptors (Lipinski definition) is 3. The molecule has 0 atom stereocenters. The molecule has 0 amide bonds. The molecule has 0 unspecified atom stereocenters. The van der Waals surface area contributed by atoms with Crippen LogP contribution < -0.4 is 10.5 Å². The van der Waals surface area contributed by atoms with Crippen LogP contribution in [0.15, 0.2) is 30.6 Å². The third-order valence-corrected chi connectivity index (χ3v) is 2.13. The molecule has 74 valence electrons. The van der Waals surface area contributed by atoms with Crippen molar-refractivity contribution in [3.63, 3.8) is 0 Å². The van der Waals surface area contributed by atoms with E-state index in [1.807, 2.05) is 0 Å². The number of nitrogens with one attached hydrogen (secondary N) is 1. The minimum atomic E-state index is -0.870. The van der Waals surface area contributed by atoms with Crippen molar-refractivity contribution >= 4 is 21.8 Å². The lowest BCUT2D eigenvalue weighted by Gasteiger charge is -2.17. The maximum atomic E-state index is 12.9. The van der Waals surface area contributed by atoms with Gasteiger partial charge < -0.3 is 0 Å². The predicted octanol–water partition coefficient (Wildman–Crippen LogP) is 2.29. The monoisotopic (exact) mass is 261 g/mol. The molecule has 1 aliphatic heterocycles. The van der Waals surface area contributed by atoms with Crippen LogP contribution in [-0.2, 0) is 0 Å². The molecule has 0 aliphatic carbocycles. The molecule has 14 heavy (non-hydrogen) atoms. The Balaban J connectivity index is 2.25. The van der Waals surface area contributed by atoms with Gasteiger partial charge in [-0.2, -0.15) is 0 Å². The molecule has 0 saturated heterocycles. The molecule has 0 radical (unpaired) electrons. The van der Waals surface area contributed by atoms with Crippen LogP contribution in [0, 0.1) is 11.6 Å². The molecule has 1 aromatic rings. The first-order valence-corrected chi connectivity index (χ1v) is 4.51. The van der Waals surface area contributed by atoms with Crippen LogP contribution >= 0.6 is 16.1 Å². The molecule has 1 aromatic carbocycles. The van der Waals surface area contributed by atoms with E-state index in [0.29, 0.717) is 5.69 Å². The van der Waals surface area contributed by atoms with Gasteiger partial charge in [0.25, 0.3) is 0 Å². The van der Waals surface area contributed by atoms with Crippen molar-refractivity contribution in [1.82, 2.24) is 9.57 Å². The highest BCUT2D eigenvalue weighted by Crippen LogP contribution is 2.19. The van der Waals surface area contributed by atoms with E-state index in [1.165, 1.54) is 15.1 Å². The number of rotatable bonds is 1. The first kappa shape index (κ1) is 9.42. The maximum absolute atomic E-state index is 12.9. The van der Waals surface area contributed by atoms with Crippen molar-refractivity contribution in [2.75, 3.05) is 5.01 Å². The van der Waals surface area contributed by atoms with Crippen molar-refractivity contribution in [3.05, 3.63) is 42.2 Å². The summed E-state index contributed by atoms with van der Waals surface area (Å²) in [6.07, 6.45) is 3.35. The van der Waals surface area contributed by atoms with Gasteiger partial charge in [-0.15, -0.1) is 5.53 Å². The third kappa shape index (κ3) is 1.71. The van der Waals surface area contributed by atoms with Crippen LogP contribution in [0.5, 0.6) is 0 Å². The fourth-order valence-corrected chi connectivity index (χ4v) is 1.35. The van der Waals surface area contributed by atoms with Gasteiger partial charge in [0.15, 0.2) is 11.6 Å². The Bertz CT molecular complexity index is 383. The highest BCUT2D eigenvalue weighted by Gasteiger charge is 2.12. The second kappa shape index (κ2) is 3.55. The normalized spacial score (nSPS) is 15.4. The van der Waals surface area contributed by atoms with Gasteiger partial charge in [-0.3, -0.25) is 5.01 Å². The zero-order valence-corrected chi connectivity index (χ0v) is 8.50. The lowest BCUT2D eigenvalue weighted by molar-refractivity contribution is 0.497. The largest absolute Gasteiger partial charge is 0.264 e. The van der Waals surface area contributed by atoms with Crippen molar-refractivity contribution in [2.24, 2.45) is 0 Å². The summed E-state index contributed by atoms with van der Waals surface area (Å²) in [6, 6.07) is 3.66. The minimum absolute atomic E-state index is 0.516. The molecule has 6 heteroatoms. The van der Waals surface area contributed by atoms with E-state index >= 15 is 0 Å². The Labute approximate surface area is 87.9 Å². The molecule has 1 N–H and O–H groups in total. The number of nitrogens with zero attached hydrogens (tertiary/aromatic N) is 2. The van der Waals surface area contributed by atoms with Crippen molar-refractivity contribution in [2.45, 2.75) is 0 Å². The average molecular weight is 262 g/mol. The highest BCUT2D eigenvalue weighted by molar-refractivity contribution is 9.07. The summed E-state index contributed by atoms with van der Waals surface area (Å²) in [5.41, 5.74) is 3.32. The first-order chi connectivity index (χ1) is 6.66. The summed E-state index contributed by atoms with van der Waals surface area (Å²) >= 11 is 3.13. The quantitative estimate of drug-likeness (QED) is 0.783. The molecule has 1 heterocycles. The SMILES string of the molecule is Fc1ccc(N2C=CN(Br)N2)cc1F. The third-order valence-electron chi connectivity index (χ3n) is 1.73.